The Morgan fingerprint density at radius 2 is 1.97 bits per heavy atom. The third-order valence-corrected chi connectivity index (χ3v) is 6.90. The van der Waals surface area contributed by atoms with Crippen LogP contribution in [-0.2, 0) is 14.3 Å². The Labute approximate surface area is 195 Å². The second-order valence-electron chi connectivity index (χ2n) is 7.99. The lowest BCUT2D eigenvalue weighted by Gasteiger charge is -2.36. The minimum Gasteiger partial charge on any atom is -0.479 e. The maximum Gasteiger partial charge on any atom is 0.323 e. The molecule has 2 aromatic heterocycles. The van der Waals surface area contributed by atoms with Gasteiger partial charge >= 0.3 is 6.03 Å². The lowest BCUT2D eigenvalue weighted by molar-refractivity contribution is -0.145. The fourth-order valence-electron chi connectivity index (χ4n) is 4.33. The summed E-state index contributed by atoms with van der Waals surface area (Å²) in [7, 11) is 1.54. The third kappa shape index (κ3) is 4.83. The van der Waals surface area contributed by atoms with Gasteiger partial charge in [-0.3, -0.25) is 19.8 Å². The Bertz CT molecular complexity index is 1090. The summed E-state index contributed by atoms with van der Waals surface area (Å²) in [6.45, 7) is 4.89. The number of carbonyl (C=O) groups excluding carboxylic acids is 3. The number of thiazole rings is 1. The molecule has 4 amide bonds. The van der Waals surface area contributed by atoms with Gasteiger partial charge in [0, 0.05) is 44.7 Å². The number of amides is 4. The lowest BCUT2D eigenvalue weighted by atomic mass is 10.0. The van der Waals surface area contributed by atoms with Gasteiger partial charge in [-0.05, 0) is 24.8 Å². The van der Waals surface area contributed by atoms with E-state index < -0.39 is 0 Å². The summed E-state index contributed by atoms with van der Waals surface area (Å²) in [5.74, 6) is -0.122. The molecule has 0 atom stereocenters. The molecule has 4 heterocycles. The number of anilines is 1. The number of nitrogens with one attached hydrogen (secondary N) is 1. The van der Waals surface area contributed by atoms with Gasteiger partial charge in [0.25, 0.3) is 0 Å². The molecule has 0 aromatic carbocycles. The van der Waals surface area contributed by atoms with Gasteiger partial charge in [-0.1, -0.05) is 17.4 Å². The van der Waals surface area contributed by atoms with Gasteiger partial charge < -0.3 is 14.4 Å². The highest BCUT2D eigenvalue weighted by Crippen LogP contribution is 2.38. The van der Waals surface area contributed by atoms with Crippen LogP contribution in [0.15, 0.2) is 12.3 Å². The van der Waals surface area contributed by atoms with Crippen molar-refractivity contribution >= 4 is 50.1 Å². The molecular formula is C22H27N5O5S. The van der Waals surface area contributed by atoms with Crippen molar-refractivity contribution in [1.29, 1.82) is 0 Å². The first kappa shape index (κ1) is 23.1. The number of imide groups is 1. The van der Waals surface area contributed by atoms with Gasteiger partial charge in [-0.25, -0.2) is 14.8 Å². The monoisotopic (exact) mass is 473 g/mol. The van der Waals surface area contributed by atoms with Crippen LogP contribution in [0, 0.1) is 0 Å². The largest absolute Gasteiger partial charge is 0.479 e. The topological polar surface area (TPSA) is 114 Å². The Morgan fingerprint density at radius 1 is 1.24 bits per heavy atom. The molecule has 2 aliphatic rings. The minimum absolute atomic E-state index is 0.183. The van der Waals surface area contributed by atoms with E-state index in [0.717, 1.165) is 22.3 Å². The summed E-state index contributed by atoms with van der Waals surface area (Å²) in [6, 6.07) is -0.444. The molecule has 33 heavy (non-hydrogen) atoms. The lowest BCUT2D eigenvalue weighted by Crippen LogP contribution is -2.50. The van der Waals surface area contributed by atoms with Crippen LogP contribution < -0.4 is 10.1 Å². The highest BCUT2D eigenvalue weighted by atomic mass is 32.1. The second kappa shape index (κ2) is 9.84. The molecule has 11 heteroatoms. The number of pyridine rings is 1. The van der Waals surface area contributed by atoms with Crippen molar-refractivity contribution in [1.82, 2.24) is 19.8 Å². The van der Waals surface area contributed by atoms with E-state index in [-0.39, 0.29) is 23.9 Å². The number of rotatable bonds is 4. The number of fused-ring (bicyclic) bond motifs is 1. The van der Waals surface area contributed by atoms with Crippen LogP contribution in [0.2, 0.25) is 0 Å². The van der Waals surface area contributed by atoms with Gasteiger partial charge in [-0.15, -0.1) is 0 Å². The zero-order valence-corrected chi connectivity index (χ0v) is 19.7. The van der Waals surface area contributed by atoms with Crippen molar-refractivity contribution in [3.8, 4) is 5.88 Å². The summed E-state index contributed by atoms with van der Waals surface area (Å²) in [4.78, 5) is 48.4. The third-order valence-electron chi connectivity index (χ3n) is 5.90. The predicted octanol–water partition coefficient (Wildman–Crippen LogP) is 2.89. The van der Waals surface area contributed by atoms with Crippen LogP contribution in [0.3, 0.4) is 0 Å². The Morgan fingerprint density at radius 3 is 2.58 bits per heavy atom. The Hall–Kier alpha value is -3.05. The van der Waals surface area contributed by atoms with E-state index in [2.05, 4.69) is 15.3 Å². The highest BCUT2D eigenvalue weighted by molar-refractivity contribution is 7.22. The van der Waals surface area contributed by atoms with Crippen molar-refractivity contribution in [2.24, 2.45) is 0 Å². The molecule has 2 aliphatic heterocycles. The summed E-state index contributed by atoms with van der Waals surface area (Å²) >= 11 is 1.38. The summed E-state index contributed by atoms with van der Waals surface area (Å²) < 4.78 is 11.7. The second-order valence-corrected chi connectivity index (χ2v) is 8.99. The maximum atomic E-state index is 12.9. The summed E-state index contributed by atoms with van der Waals surface area (Å²) in [5, 5.41) is 3.36. The van der Waals surface area contributed by atoms with E-state index in [1.807, 2.05) is 6.08 Å². The van der Waals surface area contributed by atoms with E-state index in [1.165, 1.54) is 30.1 Å². The van der Waals surface area contributed by atoms with Crippen LogP contribution in [-0.4, -0.2) is 77.1 Å². The number of piperidine rings is 1. The number of urea groups is 1. The number of methoxy groups -OCH3 is 1. The molecule has 176 valence electrons. The first-order valence-corrected chi connectivity index (χ1v) is 11.7. The van der Waals surface area contributed by atoms with E-state index in [0.29, 0.717) is 55.7 Å². The summed E-state index contributed by atoms with van der Waals surface area (Å²) in [5.41, 5.74) is 2.73. The van der Waals surface area contributed by atoms with Gasteiger partial charge in [0.1, 0.15) is 5.52 Å². The quantitative estimate of drug-likeness (QED) is 0.726. The number of likely N-dealkylation sites (tertiary alicyclic amines) is 1. The Kier molecular flexibility index (Phi) is 6.89. The zero-order valence-electron chi connectivity index (χ0n) is 18.9. The first-order valence-electron chi connectivity index (χ1n) is 10.9. The molecule has 0 unspecified atom stereocenters. The van der Waals surface area contributed by atoms with Gasteiger partial charge in [-0.2, -0.15) is 0 Å². The van der Waals surface area contributed by atoms with Gasteiger partial charge in [0.15, 0.2) is 5.13 Å². The van der Waals surface area contributed by atoms with Crippen molar-refractivity contribution < 1.29 is 23.9 Å². The van der Waals surface area contributed by atoms with Gasteiger partial charge in [0.2, 0.25) is 17.7 Å². The molecule has 1 N–H and O–H groups in total. The maximum absolute atomic E-state index is 12.9. The van der Waals surface area contributed by atoms with E-state index in [9.17, 15) is 14.4 Å². The van der Waals surface area contributed by atoms with Crippen molar-refractivity contribution in [3.05, 3.63) is 17.8 Å². The zero-order chi connectivity index (χ0) is 23.5. The molecule has 0 aliphatic carbocycles. The number of hydrogen-bond acceptors (Lipinski definition) is 8. The normalized spacial score (nSPS) is 16.9. The number of aromatic nitrogens is 2. The smallest absolute Gasteiger partial charge is 0.323 e. The fraction of sp³-hybridized carbons (Fsp3) is 0.500. The predicted molar refractivity (Wildman–Crippen MR) is 124 cm³/mol. The van der Waals surface area contributed by atoms with Crippen LogP contribution in [0.4, 0.5) is 9.93 Å². The molecule has 0 bridgehead atoms. The van der Waals surface area contributed by atoms with Crippen molar-refractivity contribution in [3.63, 3.8) is 0 Å². The highest BCUT2D eigenvalue weighted by Gasteiger charge is 2.31. The molecule has 0 spiro atoms. The van der Waals surface area contributed by atoms with Crippen LogP contribution >= 0.6 is 11.3 Å². The average Bonchev–Trinajstić information content (AvgIpc) is 3.22. The minimum atomic E-state index is -0.266. The van der Waals surface area contributed by atoms with E-state index in [4.69, 9.17) is 9.47 Å². The number of carbonyl (C=O) groups is 3. The van der Waals surface area contributed by atoms with Crippen LogP contribution in [0.25, 0.3) is 15.8 Å². The number of ether oxygens (including phenoxy) is 2. The average molecular weight is 474 g/mol. The molecule has 2 aromatic rings. The fourth-order valence-corrected chi connectivity index (χ4v) is 5.32. The molecule has 0 saturated carbocycles. The number of nitrogens with zero attached hydrogens (tertiary/aromatic N) is 4. The molecule has 0 radical (unpaired) electrons. The SMILES string of the molecule is COc1ncc(C2=CCOCC2)c2sc(NC(=O)N3CCC(N(C(C)=O)C(C)=O)CC3)nc12. The van der Waals surface area contributed by atoms with Gasteiger partial charge in [0.05, 0.1) is 25.0 Å². The number of hydrogen-bond donors (Lipinski definition) is 1. The Balaban J connectivity index is 1.49. The van der Waals surface area contributed by atoms with Crippen molar-refractivity contribution in [2.75, 3.05) is 38.7 Å². The van der Waals surface area contributed by atoms with E-state index in [1.54, 1.807) is 18.2 Å². The molecule has 4 rings (SSSR count). The molecular weight excluding hydrogens is 446 g/mol. The first-order chi connectivity index (χ1) is 15.9. The summed E-state index contributed by atoms with van der Waals surface area (Å²) in [6.07, 6.45) is 5.70. The van der Waals surface area contributed by atoms with Crippen LogP contribution in [0.5, 0.6) is 5.88 Å². The molecule has 1 saturated heterocycles. The van der Waals surface area contributed by atoms with E-state index >= 15 is 0 Å². The standard InChI is InChI=1S/C22H27N5O5S/c1-13(28)27(14(2)29)16-4-8-26(9-5-16)22(30)25-21-24-18-19(33-21)17(12-23-20(18)31-3)15-6-10-32-11-7-15/h6,12,16H,4-5,7-11H2,1-3H3,(H,24,25,30). The van der Waals surface area contributed by atoms with Crippen molar-refractivity contribution in [2.45, 2.75) is 39.2 Å². The molecule has 10 nitrogen and oxygen atoms in total. The molecule has 1 fully saturated rings. The van der Waals surface area contributed by atoms with Crippen LogP contribution in [0.1, 0.15) is 38.7 Å².